The van der Waals surface area contributed by atoms with Crippen molar-refractivity contribution < 1.29 is 33.3 Å². The molecular weight excluding hydrogens is 428 g/mol. The van der Waals surface area contributed by atoms with Gasteiger partial charge in [0.1, 0.15) is 0 Å². The normalized spacial score (nSPS) is 12.9. The summed E-state index contributed by atoms with van der Waals surface area (Å²) in [7, 11) is 4.56. The fraction of sp³-hybridized carbons (Fsp3) is 0.375. The monoisotopic (exact) mass is 456 g/mol. The number of aryl methyl sites for hydroxylation is 1. The first kappa shape index (κ1) is 23.9. The zero-order valence-electron chi connectivity index (χ0n) is 19.0. The summed E-state index contributed by atoms with van der Waals surface area (Å²) in [5.41, 5.74) is 2.07. The summed E-state index contributed by atoms with van der Waals surface area (Å²) in [4.78, 5) is 38.0. The zero-order chi connectivity index (χ0) is 23.8. The van der Waals surface area contributed by atoms with Crippen molar-refractivity contribution in [3.63, 3.8) is 0 Å². The summed E-state index contributed by atoms with van der Waals surface area (Å²) in [6, 6.07) is 10.6. The maximum atomic E-state index is 12.2. The van der Waals surface area contributed by atoms with E-state index in [1.165, 1.54) is 21.3 Å². The quantitative estimate of drug-likeness (QED) is 0.548. The van der Waals surface area contributed by atoms with Gasteiger partial charge in [0, 0.05) is 30.8 Å². The van der Waals surface area contributed by atoms with Gasteiger partial charge in [-0.05, 0) is 48.7 Å². The Morgan fingerprint density at radius 2 is 1.76 bits per heavy atom. The molecule has 9 nitrogen and oxygen atoms in total. The molecule has 0 aromatic heterocycles. The molecule has 3 rings (SSSR count). The minimum atomic E-state index is -0.504. The average Bonchev–Trinajstić information content (AvgIpc) is 3.26. The van der Waals surface area contributed by atoms with E-state index in [1.54, 1.807) is 35.2 Å². The van der Waals surface area contributed by atoms with E-state index >= 15 is 0 Å². The summed E-state index contributed by atoms with van der Waals surface area (Å²) in [6.45, 7) is 0.265. The van der Waals surface area contributed by atoms with E-state index < -0.39 is 18.5 Å². The van der Waals surface area contributed by atoms with Gasteiger partial charge in [0.15, 0.2) is 18.1 Å². The molecule has 33 heavy (non-hydrogen) atoms. The predicted molar refractivity (Wildman–Crippen MR) is 122 cm³/mol. The van der Waals surface area contributed by atoms with Crippen molar-refractivity contribution in [2.75, 3.05) is 44.7 Å². The van der Waals surface area contributed by atoms with E-state index in [4.69, 9.17) is 18.9 Å². The molecule has 0 aliphatic carbocycles. The van der Waals surface area contributed by atoms with Crippen LogP contribution in [0.3, 0.4) is 0 Å². The molecule has 1 N–H and O–H groups in total. The Labute approximate surface area is 192 Å². The molecule has 2 aromatic rings. The highest BCUT2D eigenvalue weighted by Gasteiger charge is 2.22. The minimum absolute atomic E-state index is 0.0690. The molecule has 1 aliphatic heterocycles. The van der Waals surface area contributed by atoms with Crippen molar-refractivity contribution in [3.05, 3.63) is 42.0 Å². The van der Waals surface area contributed by atoms with E-state index in [1.807, 2.05) is 6.07 Å². The smallest absolute Gasteiger partial charge is 0.306 e. The number of ether oxygens (including phenoxy) is 4. The van der Waals surface area contributed by atoms with E-state index in [0.29, 0.717) is 42.3 Å². The number of anilines is 2. The molecule has 0 unspecified atom stereocenters. The second kappa shape index (κ2) is 11.2. The van der Waals surface area contributed by atoms with Gasteiger partial charge in [-0.25, -0.2) is 0 Å². The van der Waals surface area contributed by atoms with Gasteiger partial charge >= 0.3 is 5.97 Å². The van der Waals surface area contributed by atoms with Crippen LogP contribution in [-0.4, -0.2) is 52.3 Å². The van der Waals surface area contributed by atoms with Gasteiger partial charge in [-0.2, -0.15) is 0 Å². The summed E-state index contributed by atoms with van der Waals surface area (Å²) in [5.74, 6) is 0.576. The summed E-state index contributed by atoms with van der Waals surface area (Å²) >= 11 is 0. The Morgan fingerprint density at radius 3 is 2.36 bits per heavy atom. The Morgan fingerprint density at radius 1 is 1.03 bits per heavy atom. The second-order valence-electron chi connectivity index (χ2n) is 7.44. The van der Waals surface area contributed by atoms with Crippen molar-refractivity contribution in [2.24, 2.45) is 0 Å². The first-order valence-corrected chi connectivity index (χ1v) is 10.6. The molecule has 1 fully saturated rings. The number of nitrogens with one attached hydrogen (secondary N) is 1. The number of esters is 1. The van der Waals surface area contributed by atoms with Crippen LogP contribution in [0.1, 0.15) is 24.8 Å². The third-order valence-electron chi connectivity index (χ3n) is 5.22. The van der Waals surface area contributed by atoms with Crippen LogP contribution in [0, 0.1) is 0 Å². The number of hydrogen-bond acceptors (Lipinski definition) is 7. The van der Waals surface area contributed by atoms with Crippen molar-refractivity contribution in [1.82, 2.24) is 0 Å². The highest BCUT2D eigenvalue weighted by Crippen LogP contribution is 2.38. The first-order valence-electron chi connectivity index (χ1n) is 10.6. The lowest BCUT2D eigenvalue weighted by molar-refractivity contribution is -0.147. The van der Waals surface area contributed by atoms with Crippen LogP contribution in [0.4, 0.5) is 11.4 Å². The molecule has 2 amide bonds. The molecule has 9 heteroatoms. The van der Waals surface area contributed by atoms with Gasteiger partial charge in [-0.1, -0.05) is 6.07 Å². The number of amides is 2. The molecule has 0 spiro atoms. The summed E-state index contributed by atoms with van der Waals surface area (Å²) in [6.07, 6.45) is 1.81. The lowest BCUT2D eigenvalue weighted by Crippen LogP contribution is -2.24. The van der Waals surface area contributed by atoms with E-state index in [-0.39, 0.29) is 12.3 Å². The second-order valence-corrected chi connectivity index (χ2v) is 7.44. The predicted octanol–water partition coefficient (Wildman–Crippen LogP) is 2.95. The van der Waals surface area contributed by atoms with Gasteiger partial charge < -0.3 is 29.2 Å². The largest absolute Gasteiger partial charge is 0.493 e. The molecular formula is C24H28N2O7. The van der Waals surface area contributed by atoms with Crippen LogP contribution in [-0.2, 0) is 25.5 Å². The third-order valence-corrected chi connectivity index (χ3v) is 5.22. The molecule has 1 saturated heterocycles. The number of benzene rings is 2. The van der Waals surface area contributed by atoms with E-state index in [0.717, 1.165) is 17.7 Å². The lowest BCUT2D eigenvalue weighted by Gasteiger charge is -2.16. The molecule has 0 radical (unpaired) electrons. The van der Waals surface area contributed by atoms with Gasteiger partial charge in [-0.3, -0.25) is 14.4 Å². The van der Waals surface area contributed by atoms with Gasteiger partial charge in [0.05, 0.1) is 21.3 Å². The maximum absolute atomic E-state index is 12.2. The lowest BCUT2D eigenvalue weighted by atomic mass is 10.1. The Bertz CT molecular complexity index is 997. The topological polar surface area (TPSA) is 103 Å². The van der Waals surface area contributed by atoms with Crippen molar-refractivity contribution >= 4 is 29.2 Å². The molecule has 0 saturated carbocycles. The van der Waals surface area contributed by atoms with Crippen LogP contribution >= 0.6 is 0 Å². The minimum Gasteiger partial charge on any atom is -0.493 e. The SMILES string of the molecule is COc1cc(CCC(=O)OCC(=O)Nc2cccc(N3CCCC3=O)c2)cc(OC)c1OC. The van der Waals surface area contributed by atoms with Crippen LogP contribution < -0.4 is 24.4 Å². The number of carbonyl (C=O) groups is 3. The standard InChI is InChI=1S/C24H28N2O7/c1-30-19-12-16(13-20(31-2)24(19)32-3)9-10-23(29)33-15-21(27)25-17-6-4-7-18(14-17)26-11-5-8-22(26)28/h4,6-7,12-14H,5,8-11,15H2,1-3H3,(H,25,27). The fourth-order valence-corrected chi connectivity index (χ4v) is 3.61. The molecule has 0 bridgehead atoms. The number of nitrogens with zero attached hydrogens (tertiary/aromatic N) is 1. The first-order chi connectivity index (χ1) is 15.9. The summed E-state index contributed by atoms with van der Waals surface area (Å²) < 4.78 is 21.0. The molecule has 176 valence electrons. The highest BCUT2D eigenvalue weighted by atomic mass is 16.5. The Hall–Kier alpha value is -3.75. The van der Waals surface area contributed by atoms with E-state index in [9.17, 15) is 14.4 Å². The third kappa shape index (κ3) is 6.15. The number of carbonyl (C=O) groups excluding carboxylic acids is 3. The number of rotatable bonds is 10. The van der Waals surface area contributed by atoms with Crippen LogP contribution in [0.2, 0.25) is 0 Å². The van der Waals surface area contributed by atoms with Crippen molar-refractivity contribution in [1.29, 1.82) is 0 Å². The van der Waals surface area contributed by atoms with Crippen molar-refractivity contribution in [2.45, 2.75) is 25.7 Å². The molecule has 1 heterocycles. The van der Waals surface area contributed by atoms with Crippen LogP contribution in [0.25, 0.3) is 0 Å². The van der Waals surface area contributed by atoms with Crippen molar-refractivity contribution in [3.8, 4) is 17.2 Å². The average molecular weight is 456 g/mol. The summed E-state index contributed by atoms with van der Waals surface area (Å²) in [5, 5.41) is 2.69. The van der Waals surface area contributed by atoms with Crippen LogP contribution in [0.15, 0.2) is 36.4 Å². The molecule has 1 aliphatic rings. The number of methoxy groups -OCH3 is 3. The Kier molecular flexibility index (Phi) is 8.12. The molecule has 0 atom stereocenters. The van der Waals surface area contributed by atoms with Gasteiger partial charge in [-0.15, -0.1) is 0 Å². The Balaban J connectivity index is 1.49. The zero-order valence-corrected chi connectivity index (χ0v) is 19.0. The maximum Gasteiger partial charge on any atom is 0.306 e. The van der Waals surface area contributed by atoms with Gasteiger partial charge in [0.25, 0.3) is 5.91 Å². The van der Waals surface area contributed by atoms with E-state index in [2.05, 4.69) is 5.32 Å². The fourth-order valence-electron chi connectivity index (χ4n) is 3.61. The van der Waals surface area contributed by atoms with Crippen LogP contribution in [0.5, 0.6) is 17.2 Å². The van der Waals surface area contributed by atoms with Gasteiger partial charge in [0.2, 0.25) is 11.7 Å². The molecule has 2 aromatic carbocycles. The number of hydrogen-bond donors (Lipinski definition) is 1. The highest BCUT2D eigenvalue weighted by molar-refractivity contribution is 5.97.